The van der Waals surface area contributed by atoms with Gasteiger partial charge >= 0.3 is 0 Å². The summed E-state index contributed by atoms with van der Waals surface area (Å²) in [5.41, 5.74) is 7.51. The summed E-state index contributed by atoms with van der Waals surface area (Å²) in [5, 5.41) is 1.68. The third kappa shape index (κ3) is 2.03. The quantitative estimate of drug-likeness (QED) is 0.831. The van der Waals surface area contributed by atoms with Crippen LogP contribution < -0.4 is 5.73 Å². The Kier molecular flexibility index (Phi) is 2.75. The van der Waals surface area contributed by atoms with Gasteiger partial charge in [0.25, 0.3) is 0 Å². The minimum Gasteiger partial charge on any atom is -0.361 e. The van der Waals surface area contributed by atoms with Crippen molar-refractivity contribution >= 4 is 28.8 Å². The van der Waals surface area contributed by atoms with Crippen LogP contribution in [0.3, 0.4) is 0 Å². The third-order valence-corrected chi connectivity index (χ3v) is 2.56. The summed E-state index contributed by atoms with van der Waals surface area (Å²) in [6.45, 7) is 0. The van der Waals surface area contributed by atoms with Gasteiger partial charge in [-0.25, -0.2) is 0 Å². The van der Waals surface area contributed by atoms with Crippen LogP contribution in [0.4, 0.5) is 0 Å². The van der Waals surface area contributed by atoms with Gasteiger partial charge in [-0.05, 0) is 30.2 Å². The highest BCUT2D eigenvalue weighted by Gasteiger charge is 2.08. The van der Waals surface area contributed by atoms with Crippen molar-refractivity contribution in [2.75, 3.05) is 0 Å². The van der Waals surface area contributed by atoms with Crippen LogP contribution in [0.5, 0.6) is 0 Å². The lowest BCUT2D eigenvalue weighted by atomic mass is 10.1. The average Bonchev–Trinajstić information content (AvgIpc) is 2.61. The van der Waals surface area contributed by atoms with Crippen molar-refractivity contribution in [3.05, 3.63) is 35.0 Å². The van der Waals surface area contributed by atoms with Crippen molar-refractivity contribution in [3.63, 3.8) is 0 Å². The molecular formula is C11H10ClN2O. The van der Waals surface area contributed by atoms with Crippen molar-refractivity contribution in [2.45, 2.75) is 12.5 Å². The SMILES string of the molecule is N[C@@H]([C]=O)Cc1c[nH]c2ccc(Cl)cc12. The molecule has 0 saturated heterocycles. The lowest BCUT2D eigenvalue weighted by molar-refractivity contribution is 0.541. The zero-order valence-corrected chi connectivity index (χ0v) is 8.71. The lowest BCUT2D eigenvalue weighted by Gasteiger charge is -2.01. The van der Waals surface area contributed by atoms with E-state index in [1.54, 1.807) is 6.29 Å². The summed E-state index contributed by atoms with van der Waals surface area (Å²) in [7, 11) is 0. The Balaban J connectivity index is 2.43. The number of halogens is 1. The van der Waals surface area contributed by atoms with E-state index in [-0.39, 0.29) is 0 Å². The Morgan fingerprint density at radius 1 is 1.53 bits per heavy atom. The minimum atomic E-state index is -0.581. The molecule has 15 heavy (non-hydrogen) atoms. The van der Waals surface area contributed by atoms with Crippen molar-refractivity contribution < 1.29 is 4.79 Å². The second-order valence-electron chi connectivity index (χ2n) is 3.43. The molecule has 0 amide bonds. The standard InChI is InChI=1S/C11H10ClN2O/c12-8-1-2-11-10(4-8)7(5-14-11)3-9(13)6-15/h1-2,4-5,9,14H,3,13H2/t9-/m1/s1. The molecule has 77 valence electrons. The maximum Gasteiger partial charge on any atom is 0.217 e. The molecule has 0 aliphatic heterocycles. The summed E-state index contributed by atoms with van der Waals surface area (Å²) >= 11 is 5.90. The molecule has 1 aromatic heterocycles. The lowest BCUT2D eigenvalue weighted by Crippen LogP contribution is -2.23. The molecule has 1 radical (unpaired) electrons. The maximum atomic E-state index is 10.3. The van der Waals surface area contributed by atoms with Crippen LogP contribution in [0.2, 0.25) is 5.02 Å². The molecule has 1 heterocycles. The number of fused-ring (bicyclic) bond motifs is 1. The van der Waals surface area contributed by atoms with Gasteiger partial charge in [0.2, 0.25) is 6.29 Å². The molecule has 0 unspecified atom stereocenters. The first-order valence-electron chi connectivity index (χ1n) is 4.59. The molecule has 0 aliphatic carbocycles. The monoisotopic (exact) mass is 221 g/mol. The Hall–Kier alpha value is -1.32. The van der Waals surface area contributed by atoms with E-state index in [1.807, 2.05) is 24.4 Å². The summed E-state index contributed by atoms with van der Waals surface area (Å²) in [5.74, 6) is 0. The molecule has 3 N–H and O–H groups in total. The third-order valence-electron chi connectivity index (χ3n) is 2.32. The molecule has 0 bridgehead atoms. The molecule has 2 aromatic rings. The molecule has 2 rings (SSSR count). The van der Waals surface area contributed by atoms with E-state index < -0.39 is 6.04 Å². The topological polar surface area (TPSA) is 58.9 Å². The highest BCUT2D eigenvalue weighted by atomic mass is 35.5. The number of carbonyl (C=O) groups excluding carboxylic acids is 1. The predicted molar refractivity (Wildman–Crippen MR) is 60.7 cm³/mol. The first-order chi connectivity index (χ1) is 7.20. The van der Waals surface area contributed by atoms with E-state index >= 15 is 0 Å². The van der Waals surface area contributed by atoms with Gasteiger partial charge in [-0.15, -0.1) is 0 Å². The van der Waals surface area contributed by atoms with Gasteiger partial charge in [0.05, 0.1) is 6.04 Å². The number of aromatic nitrogens is 1. The predicted octanol–water partition coefficient (Wildman–Crippen LogP) is 1.80. The molecule has 4 heteroatoms. The molecule has 0 saturated carbocycles. The van der Waals surface area contributed by atoms with E-state index in [1.165, 1.54) is 0 Å². The first kappa shape index (κ1) is 10.2. The fourth-order valence-electron chi connectivity index (χ4n) is 1.60. The normalized spacial score (nSPS) is 12.9. The molecule has 0 aliphatic rings. The Bertz CT molecular complexity index is 492. The number of nitrogens with two attached hydrogens (primary N) is 1. The second kappa shape index (κ2) is 4.04. The van der Waals surface area contributed by atoms with Crippen LogP contribution in [0.25, 0.3) is 10.9 Å². The van der Waals surface area contributed by atoms with Crippen molar-refractivity contribution in [1.82, 2.24) is 4.98 Å². The molecule has 0 fully saturated rings. The summed E-state index contributed by atoms with van der Waals surface area (Å²) < 4.78 is 0. The fourth-order valence-corrected chi connectivity index (χ4v) is 1.77. The number of hydrogen-bond donors (Lipinski definition) is 2. The van der Waals surface area contributed by atoms with Crippen molar-refractivity contribution in [2.24, 2.45) is 5.73 Å². The Morgan fingerprint density at radius 2 is 2.33 bits per heavy atom. The first-order valence-corrected chi connectivity index (χ1v) is 4.97. The van der Waals surface area contributed by atoms with Crippen LogP contribution in [0.15, 0.2) is 24.4 Å². The van der Waals surface area contributed by atoms with Crippen LogP contribution in [-0.2, 0) is 11.2 Å². The average molecular weight is 222 g/mol. The molecular weight excluding hydrogens is 212 g/mol. The molecule has 1 aromatic carbocycles. The fraction of sp³-hybridized carbons (Fsp3) is 0.182. The summed E-state index contributed by atoms with van der Waals surface area (Å²) in [6.07, 6.45) is 4.08. The van der Waals surface area contributed by atoms with E-state index in [4.69, 9.17) is 17.3 Å². The van der Waals surface area contributed by atoms with Gasteiger partial charge in [0.1, 0.15) is 0 Å². The number of benzene rings is 1. The van der Waals surface area contributed by atoms with Crippen LogP contribution in [0, 0.1) is 0 Å². The molecule has 1 atom stereocenters. The largest absolute Gasteiger partial charge is 0.361 e. The van der Waals surface area contributed by atoms with Crippen molar-refractivity contribution in [1.29, 1.82) is 0 Å². The Morgan fingerprint density at radius 3 is 3.07 bits per heavy atom. The number of aromatic amines is 1. The van der Waals surface area contributed by atoms with Gasteiger partial charge in [-0.1, -0.05) is 11.6 Å². The van der Waals surface area contributed by atoms with Gasteiger partial charge in [-0.3, -0.25) is 4.79 Å². The zero-order valence-electron chi connectivity index (χ0n) is 7.96. The number of hydrogen-bond acceptors (Lipinski definition) is 2. The molecule has 0 spiro atoms. The number of nitrogens with one attached hydrogen (secondary N) is 1. The second-order valence-corrected chi connectivity index (χ2v) is 3.87. The minimum absolute atomic E-state index is 0.476. The van der Waals surface area contributed by atoms with E-state index in [9.17, 15) is 4.79 Å². The number of H-pyrrole nitrogens is 1. The van der Waals surface area contributed by atoms with E-state index in [0.29, 0.717) is 11.4 Å². The van der Waals surface area contributed by atoms with Gasteiger partial charge in [-0.2, -0.15) is 0 Å². The highest BCUT2D eigenvalue weighted by molar-refractivity contribution is 6.31. The molecule has 3 nitrogen and oxygen atoms in total. The van der Waals surface area contributed by atoms with Crippen molar-refractivity contribution in [3.8, 4) is 0 Å². The number of rotatable bonds is 3. The summed E-state index contributed by atoms with van der Waals surface area (Å²) in [6, 6.07) is 5.00. The maximum absolute atomic E-state index is 10.3. The smallest absolute Gasteiger partial charge is 0.217 e. The van der Waals surface area contributed by atoms with Gasteiger partial charge < -0.3 is 10.7 Å². The van der Waals surface area contributed by atoms with Crippen LogP contribution >= 0.6 is 11.6 Å². The highest BCUT2D eigenvalue weighted by Crippen LogP contribution is 2.22. The van der Waals surface area contributed by atoms with E-state index in [0.717, 1.165) is 16.5 Å². The van der Waals surface area contributed by atoms with E-state index in [2.05, 4.69) is 4.98 Å². The van der Waals surface area contributed by atoms with Gasteiger partial charge in [0, 0.05) is 22.1 Å². The Labute approximate surface area is 92.2 Å². The van der Waals surface area contributed by atoms with Crippen LogP contribution in [0.1, 0.15) is 5.56 Å². The van der Waals surface area contributed by atoms with Gasteiger partial charge in [0.15, 0.2) is 0 Å². The van der Waals surface area contributed by atoms with Crippen LogP contribution in [-0.4, -0.2) is 17.3 Å². The zero-order chi connectivity index (χ0) is 10.8. The summed E-state index contributed by atoms with van der Waals surface area (Å²) in [4.78, 5) is 13.4.